The third kappa shape index (κ3) is 3.22. The molecule has 0 saturated carbocycles. The summed E-state index contributed by atoms with van der Waals surface area (Å²) in [6.45, 7) is 0.558. The zero-order valence-electron chi connectivity index (χ0n) is 8.90. The molecule has 0 aromatic heterocycles. The molecule has 0 saturated heterocycles. The minimum Gasteiger partial charge on any atom is -0.496 e. The van der Waals surface area contributed by atoms with Crippen LogP contribution >= 0.6 is 0 Å². The molecule has 0 aliphatic carbocycles. The average Bonchev–Trinajstić information content (AvgIpc) is 2.29. The first-order valence-corrected chi connectivity index (χ1v) is 4.60. The fourth-order valence-corrected chi connectivity index (χ4v) is 1.23. The minimum atomic E-state index is 0.553. The van der Waals surface area contributed by atoms with Gasteiger partial charge >= 0.3 is 0 Å². The summed E-state index contributed by atoms with van der Waals surface area (Å²) in [6, 6.07) is 5.44. The molecule has 1 aromatic rings. The van der Waals surface area contributed by atoms with Gasteiger partial charge in [0.05, 0.1) is 19.3 Å². The van der Waals surface area contributed by atoms with E-state index in [0.29, 0.717) is 17.9 Å². The highest BCUT2D eigenvalue weighted by molar-refractivity contribution is 5.80. The van der Waals surface area contributed by atoms with Gasteiger partial charge in [-0.3, -0.25) is 4.79 Å². The zero-order chi connectivity index (χ0) is 11.1. The van der Waals surface area contributed by atoms with E-state index in [4.69, 9.17) is 9.47 Å². The summed E-state index contributed by atoms with van der Waals surface area (Å²) in [6.07, 6.45) is 4.57. The second-order valence-electron chi connectivity index (χ2n) is 2.98. The Labute approximate surface area is 89.3 Å². The summed E-state index contributed by atoms with van der Waals surface area (Å²) < 4.78 is 9.92. The third-order valence-electron chi connectivity index (χ3n) is 1.95. The maximum atomic E-state index is 10.7. The monoisotopic (exact) mass is 206 g/mol. The molecule has 0 unspecified atom stereocenters. The summed E-state index contributed by atoms with van der Waals surface area (Å²) in [4.78, 5) is 10.7. The second kappa shape index (κ2) is 5.98. The van der Waals surface area contributed by atoms with Crippen molar-refractivity contribution in [3.05, 3.63) is 35.4 Å². The molecule has 0 amide bonds. The smallest absolute Gasteiger partial charge is 0.153 e. The molecule has 3 nitrogen and oxygen atoms in total. The molecule has 80 valence electrons. The number of rotatable bonds is 5. The van der Waals surface area contributed by atoms with E-state index in [1.54, 1.807) is 26.4 Å². The van der Waals surface area contributed by atoms with Crippen molar-refractivity contribution in [3.63, 3.8) is 0 Å². The lowest BCUT2D eigenvalue weighted by atomic mass is 10.1. The molecule has 0 atom stereocenters. The van der Waals surface area contributed by atoms with E-state index < -0.39 is 0 Å². The largest absolute Gasteiger partial charge is 0.496 e. The maximum absolute atomic E-state index is 10.7. The van der Waals surface area contributed by atoms with Crippen LogP contribution in [0.2, 0.25) is 0 Å². The van der Waals surface area contributed by atoms with Crippen LogP contribution in [0.25, 0.3) is 6.08 Å². The molecular weight excluding hydrogens is 192 g/mol. The number of benzene rings is 1. The predicted molar refractivity (Wildman–Crippen MR) is 59.3 cm³/mol. The van der Waals surface area contributed by atoms with Gasteiger partial charge in [0.15, 0.2) is 6.29 Å². The van der Waals surface area contributed by atoms with Gasteiger partial charge in [0.25, 0.3) is 0 Å². The van der Waals surface area contributed by atoms with Crippen molar-refractivity contribution < 1.29 is 14.3 Å². The van der Waals surface area contributed by atoms with Crippen molar-refractivity contribution >= 4 is 12.4 Å². The normalized spacial score (nSPS) is 10.5. The van der Waals surface area contributed by atoms with Crippen LogP contribution in [0.3, 0.4) is 0 Å². The van der Waals surface area contributed by atoms with E-state index in [9.17, 15) is 4.79 Å². The number of ether oxygens (including phenoxy) is 2. The molecule has 0 N–H and O–H groups in total. The standard InChI is InChI=1S/C12H14O3/c1-14-7-3-4-10-5-6-12(15-2)11(8-10)9-13/h3-6,8-9H,7H2,1-2H3. The average molecular weight is 206 g/mol. The number of hydrogen-bond acceptors (Lipinski definition) is 3. The van der Waals surface area contributed by atoms with E-state index in [1.807, 2.05) is 18.2 Å². The van der Waals surface area contributed by atoms with Crippen molar-refractivity contribution in [3.8, 4) is 5.75 Å². The van der Waals surface area contributed by atoms with Crippen LogP contribution in [0.4, 0.5) is 0 Å². The lowest BCUT2D eigenvalue weighted by Gasteiger charge is -2.03. The van der Waals surface area contributed by atoms with Crippen LogP contribution < -0.4 is 4.74 Å². The van der Waals surface area contributed by atoms with Gasteiger partial charge in [-0.05, 0) is 17.7 Å². The van der Waals surface area contributed by atoms with E-state index in [2.05, 4.69) is 0 Å². The number of carbonyl (C=O) groups is 1. The summed E-state index contributed by atoms with van der Waals surface area (Å²) in [5.74, 6) is 0.592. The van der Waals surface area contributed by atoms with Crippen LogP contribution in [-0.4, -0.2) is 27.1 Å². The fraction of sp³-hybridized carbons (Fsp3) is 0.250. The summed E-state index contributed by atoms with van der Waals surface area (Å²) in [7, 11) is 3.18. The number of methoxy groups -OCH3 is 2. The Balaban J connectivity index is 2.88. The van der Waals surface area contributed by atoms with Gasteiger partial charge in [0.2, 0.25) is 0 Å². The highest BCUT2D eigenvalue weighted by atomic mass is 16.5. The van der Waals surface area contributed by atoms with E-state index in [-0.39, 0.29) is 0 Å². The highest BCUT2D eigenvalue weighted by Crippen LogP contribution is 2.18. The maximum Gasteiger partial charge on any atom is 0.153 e. The fourth-order valence-electron chi connectivity index (χ4n) is 1.23. The Morgan fingerprint density at radius 1 is 1.33 bits per heavy atom. The zero-order valence-corrected chi connectivity index (χ0v) is 8.90. The Bertz CT molecular complexity index is 356. The molecule has 1 aromatic carbocycles. The summed E-state index contributed by atoms with van der Waals surface area (Å²) >= 11 is 0. The first kappa shape index (κ1) is 11.5. The molecule has 0 aliphatic heterocycles. The molecule has 0 bridgehead atoms. The summed E-state index contributed by atoms with van der Waals surface area (Å²) in [5, 5.41) is 0. The van der Waals surface area contributed by atoms with Gasteiger partial charge in [0.1, 0.15) is 5.75 Å². The van der Waals surface area contributed by atoms with Gasteiger partial charge in [0, 0.05) is 7.11 Å². The van der Waals surface area contributed by atoms with Gasteiger partial charge in [-0.2, -0.15) is 0 Å². The quantitative estimate of drug-likeness (QED) is 0.692. The van der Waals surface area contributed by atoms with Crippen LogP contribution in [0.15, 0.2) is 24.3 Å². The lowest BCUT2D eigenvalue weighted by Crippen LogP contribution is -1.90. The number of carbonyl (C=O) groups excluding carboxylic acids is 1. The van der Waals surface area contributed by atoms with Crippen LogP contribution in [0.5, 0.6) is 5.75 Å². The molecule has 0 fully saturated rings. The molecule has 0 radical (unpaired) electrons. The van der Waals surface area contributed by atoms with Gasteiger partial charge in [-0.1, -0.05) is 18.2 Å². The highest BCUT2D eigenvalue weighted by Gasteiger charge is 2.00. The number of hydrogen-bond donors (Lipinski definition) is 0. The Morgan fingerprint density at radius 2 is 2.13 bits per heavy atom. The van der Waals surface area contributed by atoms with Crippen molar-refractivity contribution in [1.82, 2.24) is 0 Å². The first-order valence-electron chi connectivity index (χ1n) is 4.60. The van der Waals surface area contributed by atoms with E-state index in [0.717, 1.165) is 11.8 Å². The first-order chi connectivity index (χ1) is 7.31. The lowest BCUT2D eigenvalue weighted by molar-refractivity contribution is 0.112. The number of aldehydes is 1. The molecule has 15 heavy (non-hydrogen) atoms. The topological polar surface area (TPSA) is 35.5 Å². The minimum absolute atomic E-state index is 0.553. The van der Waals surface area contributed by atoms with Crippen LogP contribution in [0.1, 0.15) is 15.9 Å². The molecule has 0 heterocycles. The van der Waals surface area contributed by atoms with Crippen LogP contribution in [0, 0.1) is 0 Å². The molecule has 0 aliphatic rings. The summed E-state index contributed by atoms with van der Waals surface area (Å²) in [5.41, 5.74) is 1.51. The van der Waals surface area contributed by atoms with E-state index >= 15 is 0 Å². The van der Waals surface area contributed by atoms with Crippen molar-refractivity contribution in [2.45, 2.75) is 0 Å². The van der Waals surface area contributed by atoms with Crippen molar-refractivity contribution in [2.24, 2.45) is 0 Å². The Kier molecular flexibility index (Phi) is 4.57. The molecule has 1 rings (SSSR count). The van der Waals surface area contributed by atoms with Crippen molar-refractivity contribution in [1.29, 1.82) is 0 Å². The van der Waals surface area contributed by atoms with Crippen molar-refractivity contribution in [2.75, 3.05) is 20.8 Å². The predicted octanol–water partition coefficient (Wildman–Crippen LogP) is 2.17. The Hall–Kier alpha value is -1.61. The SMILES string of the molecule is COCC=Cc1ccc(OC)c(C=O)c1. The van der Waals surface area contributed by atoms with Gasteiger partial charge in [-0.15, -0.1) is 0 Å². The second-order valence-corrected chi connectivity index (χ2v) is 2.98. The molecule has 3 heteroatoms. The van der Waals surface area contributed by atoms with Gasteiger partial charge in [-0.25, -0.2) is 0 Å². The third-order valence-corrected chi connectivity index (χ3v) is 1.95. The molecule has 0 spiro atoms. The Morgan fingerprint density at radius 3 is 2.73 bits per heavy atom. The van der Waals surface area contributed by atoms with Crippen LogP contribution in [-0.2, 0) is 4.74 Å². The van der Waals surface area contributed by atoms with Gasteiger partial charge < -0.3 is 9.47 Å². The van der Waals surface area contributed by atoms with E-state index in [1.165, 1.54) is 0 Å². The molecular formula is C12H14O3.